The van der Waals surface area contributed by atoms with Crippen molar-refractivity contribution in [3.63, 3.8) is 0 Å². The molecule has 31 heavy (non-hydrogen) atoms. The van der Waals surface area contributed by atoms with Gasteiger partial charge in [-0.25, -0.2) is 0 Å². The zero-order valence-electron chi connectivity index (χ0n) is 20.6. The summed E-state index contributed by atoms with van der Waals surface area (Å²) in [5.41, 5.74) is 3.78. The van der Waals surface area contributed by atoms with Gasteiger partial charge < -0.3 is 10.2 Å². The van der Waals surface area contributed by atoms with E-state index in [-0.39, 0.29) is 0 Å². The molecule has 0 aromatic heterocycles. The first-order chi connectivity index (χ1) is 14.7. The molecule has 0 saturated heterocycles. The number of hydrogen-bond acceptors (Lipinski definition) is 2. The number of fused-ring (bicyclic) bond motifs is 1. The maximum absolute atomic E-state index is 10.2. The average molecular weight is 427 g/mol. The topological polar surface area (TPSA) is 40.5 Å². The Morgan fingerprint density at radius 3 is 2.55 bits per heavy atom. The van der Waals surface area contributed by atoms with Crippen molar-refractivity contribution in [2.45, 2.75) is 98.2 Å². The summed E-state index contributed by atoms with van der Waals surface area (Å²) >= 11 is 0. The molecule has 3 aliphatic carbocycles. The monoisotopic (exact) mass is 426 g/mol. The highest BCUT2D eigenvalue weighted by molar-refractivity contribution is 5.38. The molecule has 3 saturated carbocycles. The smallest absolute Gasteiger partial charge is 0.0811 e. The molecule has 7 atom stereocenters. The van der Waals surface area contributed by atoms with Gasteiger partial charge in [0, 0.05) is 6.42 Å². The minimum absolute atomic E-state index is 0.383. The van der Waals surface area contributed by atoms with Crippen molar-refractivity contribution in [3.8, 4) is 0 Å². The van der Waals surface area contributed by atoms with Gasteiger partial charge in [0.2, 0.25) is 0 Å². The Bertz CT molecular complexity index is 727. The molecule has 2 nitrogen and oxygen atoms in total. The van der Waals surface area contributed by atoms with Gasteiger partial charge in [0.25, 0.3) is 0 Å². The Morgan fingerprint density at radius 2 is 1.87 bits per heavy atom. The van der Waals surface area contributed by atoms with Crippen LogP contribution in [0.1, 0.15) is 86.0 Å². The van der Waals surface area contributed by atoms with Crippen LogP contribution in [0.15, 0.2) is 47.6 Å². The maximum Gasteiger partial charge on any atom is 0.0811 e. The van der Waals surface area contributed by atoms with E-state index in [1.807, 2.05) is 0 Å². The van der Waals surface area contributed by atoms with Crippen LogP contribution in [0.5, 0.6) is 0 Å². The molecule has 0 aromatic carbocycles. The summed E-state index contributed by atoms with van der Waals surface area (Å²) in [7, 11) is 0. The third-order valence-corrected chi connectivity index (χ3v) is 8.93. The summed E-state index contributed by atoms with van der Waals surface area (Å²) in [6.45, 7) is 16.0. The van der Waals surface area contributed by atoms with Gasteiger partial charge >= 0.3 is 0 Å². The highest BCUT2D eigenvalue weighted by Gasteiger charge is 2.50. The molecule has 0 radical (unpaired) electrons. The lowest BCUT2D eigenvalue weighted by atomic mass is 9.61. The van der Waals surface area contributed by atoms with Gasteiger partial charge in [0.1, 0.15) is 0 Å². The fourth-order valence-corrected chi connectivity index (χ4v) is 6.89. The summed E-state index contributed by atoms with van der Waals surface area (Å²) < 4.78 is 0. The first-order valence-electron chi connectivity index (χ1n) is 12.8. The van der Waals surface area contributed by atoms with Gasteiger partial charge in [0.05, 0.1) is 12.2 Å². The fraction of sp³-hybridized carbons (Fsp3) is 0.724. The van der Waals surface area contributed by atoms with Crippen molar-refractivity contribution >= 4 is 0 Å². The highest BCUT2D eigenvalue weighted by atomic mass is 16.3. The molecule has 174 valence electrons. The Hall–Kier alpha value is -1.12. The summed E-state index contributed by atoms with van der Waals surface area (Å²) in [5, 5.41) is 20.2. The molecular formula is C29H46O2. The first-order valence-corrected chi connectivity index (χ1v) is 12.8. The van der Waals surface area contributed by atoms with Crippen molar-refractivity contribution in [3.05, 3.63) is 47.6 Å². The SMILES string of the molecule is C=C1/C(=C\C=C2/CCC[C@]3(C)C([C@H](C)/C=C/[C@@H](CC)C(C)C)CC[C@@H]23)C[C@@H](O)C[C@@H]1O. The van der Waals surface area contributed by atoms with E-state index in [1.54, 1.807) is 5.57 Å². The molecule has 0 spiro atoms. The number of aliphatic hydroxyl groups excluding tert-OH is 2. The lowest BCUT2D eigenvalue weighted by Crippen LogP contribution is -2.35. The number of hydrogen-bond donors (Lipinski definition) is 2. The fourth-order valence-electron chi connectivity index (χ4n) is 6.89. The van der Waals surface area contributed by atoms with Gasteiger partial charge in [-0.15, -0.1) is 0 Å². The normalized spacial score (nSPS) is 38.9. The van der Waals surface area contributed by atoms with E-state index in [4.69, 9.17) is 0 Å². The summed E-state index contributed by atoms with van der Waals surface area (Å²) in [4.78, 5) is 0. The highest BCUT2D eigenvalue weighted by Crippen LogP contribution is 2.59. The molecular weight excluding hydrogens is 380 g/mol. The Balaban J connectivity index is 1.76. The van der Waals surface area contributed by atoms with Crippen molar-refractivity contribution < 1.29 is 10.2 Å². The first kappa shape index (κ1) is 24.5. The Labute approximate surface area is 191 Å². The van der Waals surface area contributed by atoms with Crippen molar-refractivity contribution in [1.29, 1.82) is 0 Å². The van der Waals surface area contributed by atoms with Crippen LogP contribution < -0.4 is 0 Å². The van der Waals surface area contributed by atoms with Crippen LogP contribution in [-0.2, 0) is 0 Å². The molecule has 3 aliphatic rings. The van der Waals surface area contributed by atoms with E-state index in [2.05, 4.69) is 65.5 Å². The van der Waals surface area contributed by atoms with Crippen LogP contribution in [0.4, 0.5) is 0 Å². The average Bonchev–Trinajstić information content (AvgIpc) is 3.07. The predicted molar refractivity (Wildman–Crippen MR) is 132 cm³/mol. The Morgan fingerprint density at radius 1 is 1.13 bits per heavy atom. The number of rotatable bonds is 6. The molecule has 0 aliphatic heterocycles. The molecule has 2 heteroatoms. The predicted octanol–water partition coefficient (Wildman–Crippen LogP) is 7.00. The van der Waals surface area contributed by atoms with E-state index < -0.39 is 12.2 Å². The number of allylic oxidation sites excluding steroid dienone is 5. The molecule has 1 unspecified atom stereocenters. The zero-order valence-corrected chi connectivity index (χ0v) is 20.6. The standard InChI is InChI=1S/C29H46O2/c1-7-22(19(2)3)11-10-20(4)26-14-15-27-23(9-8-16-29(26,27)6)12-13-24-17-25(30)18-28(31)21(24)5/h10-13,19-20,22,25-28,30-31H,5,7-9,14-18H2,1-4,6H3/b11-10+,23-12+,24-13-/t20-,22-,25-,26?,27+,28+,29-/m1/s1. The molecule has 0 heterocycles. The number of aliphatic hydroxyl groups is 2. The van der Waals surface area contributed by atoms with Gasteiger partial charge in [-0.05, 0) is 91.1 Å². The van der Waals surface area contributed by atoms with E-state index in [1.165, 1.54) is 38.5 Å². The van der Waals surface area contributed by atoms with Crippen molar-refractivity contribution in [1.82, 2.24) is 0 Å². The van der Waals surface area contributed by atoms with Crippen LogP contribution in [-0.4, -0.2) is 22.4 Å². The second-order valence-corrected chi connectivity index (χ2v) is 11.2. The summed E-state index contributed by atoms with van der Waals surface area (Å²) in [6.07, 6.45) is 17.1. The van der Waals surface area contributed by atoms with Crippen LogP contribution in [0, 0.1) is 35.0 Å². The minimum Gasteiger partial charge on any atom is -0.393 e. The molecule has 0 bridgehead atoms. The van der Waals surface area contributed by atoms with Crippen LogP contribution in [0.25, 0.3) is 0 Å². The lowest BCUT2D eigenvalue weighted by molar-refractivity contribution is 0.0862. The summed E-state index contributed by atoms with van der Waals surface area (Å²) in [6, 6.07) is 0. The van der Waals surface area contributed by atoms with Gasteiger partial charge in [-0.1, -0.05) is 71.1 Å². The molecule has 0 aromatic rings. The van der Waals surface area contributed by atoms with Crippen LogP contribution >= 0.6 is 0 Å². The van der Waals surface area contributed by atoms with Crippen LogP contribution in [0.2, 0.25) is 0 Å². The third kappa shape index (κ3) is 5.28. The van der Waals surface area contributed by atoms with Gasteiger partial charge in [-0.3, -0.25) is 0 Å². The molecule has 3 fully saturated rings. The third-order valence-electron chi connectivity index (χ3n) is 8.93. The molecule has 3 rings (SSSR count). The van der Waals surface area contributed by atoms with Crippen molar-refractivity contribution in [2.75, 3.05) is 0 Å². The van der Waals surface area contributed by atoms with E-state index in [0.29, 0.717) is 41.9 Å². The second kappa shape index (κ2) is 10.2. The van der Waals surface area contributed by atoms with Crippen LogP contribution in [0.3, 0.4) is 0 Å². The largest absolute Gasteiger partial charge is 0.393 e. The lowest BCUT2D eigenvalue weighted by Gasteiger charge is -2.44. The Kier molecular flexibility index (Phi) is 8.08. The van der Waals surface area contributed by atoms with Gasteiger partial charge in [-0.2, -0.15) is 0 Å². The van der Waals surface area contributed by atoms with E-state index in [9.17, 15) is 10.2 Å². The summed E-state index contributed by atoms with van der Waals surface area (Å²) in [5.74, 6) is 3.45. The second-order valence-electron chi connectivity index (χ2n) is 11.2. The van der Waals surface area contributed by atoms with Gasteiger partial charge in [0.15, 0.2) is 0 Å². The minimum atomic E-state index is -0.605. The van der Waals surface area contributed by atoms with Crippen molar-refractivity contribution in [2.24, 2.45) is 35.0 Å². The molecule has 2 N–H and O–H groups in total. The zero-order chi connectivity index (χ0) is 22.8. The molecule has 0 amide bonds. The van der Waals surface area contributed by atoms with E-state index in [0.717, 1.165) is 17.1 Å². The maximum atomic E-state index is 10.2. The quantitative estimate of drug-likeness (QED) is 0.449. The van der Waals surface area contributed by atoms with E-state index >= 15 is 0 Å².